The zero-order valence-electron chi connectivity index (χ0n) is 11.2. The minimum atomic E-state index is -0.441. The summed E-state index contributed by atoms with van der Waals surface area (Å²) in [6.07, 6.45) is 1.25. The van der Waals surface area contributed by atoms with E-state index in [0.717, 1.165) is 6.42 Å². The number of hydrogen-bond donors (Lipinski definition) is 0. The molecule has 1 saturated heterocycles. The highest BCUT2D eigenvalue weighted by atomic mass is 16.6. The number of likely N-dealkylation sites (tertiary alicyclic amines) is 1. The number of nitriles is 1. The Labute approximate surface area is 104 Å². The van der Waals surface area contributed by atoms with Gasteiger partial charge in [-0.15, -0.1) is 0 Å². The van der Waals surface area contributed by atoms with Crippen molar-refractivity contribution in [3.63, 3.8) is 0 Å². The van der Waals surface area contributed by atoms with Gasteiger partial charge in [-0.1, -0.05) is 6.92 Å². The molecule has 0 aromatic carbocycles. The van der Waals surface area contributed by atoms with E-state index in [2.05, 4.69) is 13.0 Å². The van der Waals surface area contributed by atoms with Gasteiger partial charge in [-0.2, -0.15) is 5.26 Å². The molecular formula is C13H22N2O2. The van der Waals surface area contributed by atoms with Crippen LogP contribution in [-0.4, -0.2) is 29.7 Å². The maximum atomic E-state index is 11.9. The van der Waals surface area contributed by atoms with Gasteiger partial charge in [0.05, 0.1) is 6.07 Å². The lowest BCUT2D eigenvalue weighted by Gasteiger charge is -2.36. The second-order valence-corrected chi connectivity index (χ2v) is 5.81. The third kappa shape index (κ3) is 4.26. The molecule has 0 saturated carbocycles. The zero-order chi connectivity index (χ0) is 13.1. The lowest BCUT2D eigenvalue weighted by molar-refractivity contribution is 0.0119. The molecule has 0 spiro atoms. The van der Waals surface area contributed by atoms with Gasteiger partial charge in [-0.3, -0.25) is 0 Å². The Balaban J connectivity index is 2.50. The predicted molar refractivity (Wildman–Crippen MR) is 65.3 cm³/mol. The fourth-order valence-corrected chi connectivity index (χ4v) is 2.11. The van der Waals surface area contributed by atoms with Crippen molar-refractivity contribution in [3.05, 3.63) is 0 Å². The minimum Gasteiger partial charge on any atom is -0.444 e. The van der Waals surface area contributed by atoms with E-state index in [0.29, 0.717) is 31.3 Å². The lowest BCUT2D eigenvalue weighted by Crippen LogP contribution is -2.45. The molecule has 0 bridgehead atoms. The molecule has 1 aliphatic rings. The van der Waals surface area contributed by atoms with E-state index in [4.69, 9.17) is 10.00 Å². The number of rotatable bonds is 1. The van der Waals surface area contributed by atoms with Gasteiger partial charge in [0, 0.05) is 19.5 Å². The van der Waals surface area contributed by atoms with Gasteiger partial charge in [-0.25, -0.2) is 4.79 Å². The van der Waals surface area contributed by atoms with Crippen LogP contribution in [0.25, 0.3) is 0 Å². The van der Waals surface area contributed by atoms with Crippen LogP contribution in [0.3, 0.4) is 0 Å². The van der Waals surface area contributed by atoms with Crippen molar-refractivity contribution in [2.45, 2.75) is 46.1 Å². The Hall–Kier alpha value is -1.24. The second kappa shape index (κ2) is 5.39. The number of hydrogen-bond acceptors (Lipinski definition) is 3. The molecule has 1 amide bonds. The van der Waals surface area contributed by atoms with E-state index in [1.807, 2.05) is 20.8 Å². The largest absolute Gasteiger partial charge is 0.444 e. The van der Waals surface area contributed by atoms with Crippen molar-refractivity contribution < 1.29 is 9.53 Å². The number of carbonyl (C=O) groups excluding carboxylic acids is 1. The molecule has 96 valence electrons. The van der Waals surface area contributed by atoms with Gasteiger partial charge in [0.15, 0.2) is 0 Å². The number of carbonyl (C=O) groups is 1. The molecule has 0 aliphatic carbocycles. The molecule has 0 radical (unpaired) electrons. The van der Waals surface area contributed by atoms with Gasteiger partial charge < -0.3 is 9.64 Å². The number of ether oxygens (including phenoxy) is 1. The first kappa shape index (κ1) is 13.8. The van der Waals surface area contributed by atoms with E-state index >= 15 is 0 Å². The van der Waals surface area contributed by atoms with Crippen LogP contribution in [0.2, 0.25) is 0 Å². The van der Waals surface area contributed by atoms with Gasteiger partial charge in [0.2, 0.25) is 0 Å². The first-order chi connectivity index (χ1) is 7.83. The van der Waals surface area contributed by atoms with Gasteiger partial charge in [0.1, 0.15) is 5.60 Å². The Morgan fingerprint density at radius 2 is 2.18 bits per heavy atom. The summed E-state index contributed by atoms with van der Waals surface area (Å²) in [6.45, 7) is 9.11. The third-order valence-corrected chi connectivity index (χ3v) is 3.09. The second-order valence-electron chi connectivity index (χ2n) is 5.81. The van der Waals surface area contributed by atoms with Crippen LogP contribution in [0.4, 0.5) is 4.79 Å². The van der Waals surface area contributed by atoms with Crippen LogP contribution in [0.5, 0.6) is 0 Å². The van der Waals surface area contributed by atoms with Crippen LogP contribution in [0, 0.1) is 23.2 Å². The van der Waals surface area contributed by atoms with E-state index in [1.54, 1.807) is 4.90 Å². The third-order valence-electron chi connectivity index (χ3n) is 3.09. The molecule has 0 aromatic rings. The van der Waals surface area contributed by atoms with Crippen LogP contribution in [0.1, 0.15) is 40.5 Å². The standard InChI is InChI=1S/C13H22N2O2/c1-10-9-15(8-6-11(10)5-7-14)12(16)17-13(2,3)4/h10-11H,5-6,8-9H2,1-4H3. The minimum absolute atomic E-state index is 0.236. The first-order valence-electron chi connectivity index (χ1n) is 6.18. The maximum Gasteiger partial charge on any atom is 0.410 e. The van der Waals surface area contributed by atoms with Crippen LogP contribution < -0.4 is 0 Å². The van der Waals surface area contributed by atoms with Crippen molar-refractivity contribution >= 4 is 6.09 Å². The van der Waals surface area contributed by atoms with Crippen LogP contribution in [0.15, 0.2) is 0 Å². The molecule has 4 heteroatoms. The van der Waals surface area contributed by atoms with E-state index in [1.165, 1.54) is 0 Å². The zero-order valence-corrected chi connectivity index (χ0v) is 11.2. The molecule has 4 nitrogen and oxygen atoms in total. The van der Waals surface area contributed by atoms with Crippen LogP contribution >= 0.6 is 0 Å². The number of amides is 1. The molecule has 1 fully saturated rings. The number of nitrogens with zero attached hydrogens (tertiary/aromatic N) is 2. The summed E-state index contributed by atoms with van der Waals surface area (Å²) in [5, 5.41) is 8.71. The topological polar surface area (TPSA) is 53.3 Å². The average molecular weight is 238 g/mol. The van der Waals surface area contributed by atoms with Crippen LogP contribution in [-0.2, 0) is 4.74 Å². The molecule has 0 N–H and O–H groups in total. The van der Waals surface area contributed by atoms with E-state index in [-0.39, 0.29) is 6.09 Å². The summed E-state index contributed by atoms with van der Waals surface area (Å²) in [5.41, 5.74) is -0.441. The SMILES string of the molecule is CC1CN(C(=O)OC(C)(C)C)CCC1CC#N. The Bertz CT molecular complexity index is 314. The molecule has 2 atom stereocenters. The van der Waals surface area contributed by atoms with Gasteiger partial charge >= 0.3 is 6.09 Å². The fourth-order valence-electron chi connectivity index (χ4n) is 2.11. The van der Waals surface area contributed by atoms with Crippen molar-refractivity contribution in [1.82, 2.24) is 4.90 Å². The molecule has 2 unspecified atom stereocenters. The van der Waals surface area contributed by atoms with E-state index in [9.17, 15) is 4.79 Å². The lowest BCUT2D eigenvalue weighted by atomic mass is 9.85. The number of piperidine rings is 1. The molecule has 1 aliphatic heterocycles. The van der Waals surface area contributed by atoms with Crippen molar-refractivity contribution in [2.75, 3.05) is 13.1 Å². The predicted octanol–water partition coefficient (Wildman–Crippen LogP) is 2.79. The fraction of sp³-hybridized carbons (Fsp3) is 0.846. The Morgan fingerprint density at radius 3 is 2.65 bits per heavy atom. The average Bonchev–Trinajstić information content (AvgIpc) is 2.18. The quantitative estimate of drug-likeness (QED) is 0.705. The summed E-state index contributed by atoms with van der Waals surface area (Å²) in [4.78, 5) is 13.6. The van der Waals surface area contributed by atoms with Crippen molar-refractivity contribution in [3.8, 4) is 6.07 Å². The van der Waals surface area contributed by atoms with Gasteiger partial charge in [-0.05, 0) is 39.0 Å². The molecule has 0 aromatic heterocycles. The molecular weight excluding hydrogens is 216 g/mol. The molecule has 1 rings (SSSR count). The summed E-state index contributed by atoms with van der Waals surface area (Å²) >= 11 is 0. The molecule has 17 heavy (non-hydrogen) atoms. The highest BCUT2D eigenvalue weighted by Crippen LogP contribution is 2.26. The highest BCUT2D eigenvalue weighted by molar-refractivity contribution is 5.68. The smallest absolute Gasteiger partial charge is 0.410 e. The Morgan fingerprint density at radius 1 is 1.53 bits per heavy atom. The highest BCUT2D eigenvalue weighted by Gasteiger charge is 2.30. The summed E-state index contributed by atoms with van der Waals surface area (Å²) in [6, 6.07) is 2.22. The van der Waals surface area contributed by atoms with E-state index < -0.39 is 5.60 Å². The monoisotopic (exact) mass is 238 g/mol. The molecule has 1 heterocycles. The Kier molecular flexibility index (Phi) is 4.39. The summed E-state index contributed by atoms with van der Waals surface area (Å²) < 4.78 is 5.34. The normalized spacial score (nSPS) is 25.2. The maximum absolute atomic E-state index is 11.9. The first-order valence-corrected chi connectivity index (χ1v) is 6.18. The summed E-state index contributed by atoms with van der Waals surface area (Å²) in [7, 11) is 0. The van der Waals surface area contributed by atoms with Gasteiger partial charge in [0.25, 0.3) is 0 Å². The summed E-state index contributed by atoms with van der Waals surface area (Å²) in [5.74, 6) is 0.787. The van der Waals surface area contributed by atoms with Crippen molar-refractivity contribution in [2.24, 2.45) is 11.8 Å². The van der Waals surface area contributed by atoms with Crippen molar-refractivity contribution in [1.29, 1.82) is 5.26 Å².